The lowest BCUT2D eigenvalue weighted by molar-refractivity contribution is -0.133. The van der Waals surface area contributed by atoms with Crippen molar-refractivity contribution in [2.75, 3.05) is 59.4 Å². The van der Waals surface area contributed by atoms with E-state index in [4.69, 9.17) is 0 Å². The first-order valence-electron chi connectivity index (χ1n) is 7.08. The van der Waals surface area contributed by atoms with Crippen molar-refractivity contribution in [2.45, 2.75) is 19.4 Å². The monoisotopic (exact) mass is 254 g/mol. The second-order valence-electron chi connectivity index (χ2n) is 5.57. The maximum atomic E-state index is 12.3. The van der Waals surface area contributed by atoms with E-state index in [-0.39, 0.29) is 0 Å². The number of nitrogens with zero attached hydrogens (tertiary/aromatic N) is 3. The maximum Gasteiger partial charge on any atom is 0.236 e. The minimum Gasteiger partial charge on any atom is -0.340 e. The van der Waals surface area contributed by atoms with Crippen LogP contribution in [0.25, 0.3) is 0 Å². The summed E-state index contributed by atoms with van der Waals surface area (Å²) in [6, 6.07) is 0.484. The molecule has 0 aromatic rings. The number of hydrogen-bond donors (Lipinski definition) is 1. The van der Waals surface area contributed by atoms with Crippen molar-refractivity contribution >= 4 is 5.91 Å². The SMILES string of the molecule is CC1CN(C)CCN1CC(=O)N1CCCNCC1. The number of carbonyl (C=O) groups is 1. The molecule has 0 radical (unpaired) electrons. The zero-order valence-electron chi connectivity index (χ0n) is 11.7. The summed E-state index contributed by atoms with van der Waals surface area (Å²) < 4.78 is 0. The predicted molar refractivity (Wildman–Crippen MR) is 72.6 cm³/mol. The molecule has 2 fully saturated rings. The molecule has 0 aromatic heterocycles. The van der Waals surface area contributed by atoms with Gasteiger partial charge < -0.3 is 15.1 Å². The smallest absolute Gasteiger partial charge is 0.236 e. The summed E-state index contributed by atoms with van der Waals surface area (Å²) in [5.41, 5.74) is 0. The van der Waals surface area contributed by atoms with Crippen LogP contribution in [0.3, 0.4) is 0 Å². The molecule has 2 aliphatic rings. The second-order valence-corrected chi connectivity index (χ2v) is 5.57. The van der Waals surface area contributed by atoms with E-state index >= 15 is 0 Å². The maximum absolute atomic E-state index is 12.3. The van der Waals surface area contributed by atoms with Crippen LogP contribution in [0, 0.1) is 0 Å². The Morgan fingerprint density at radius 2 is 2.06 bits per heavy atom. The van der Waals surface area contributed by atoms with Gasteiger partial charge in [-0.1, -0.05) is 0 Å². The van der Waals surface area contributed by atoms with E-state index < -0.39 is 0 Å². The molecule has 5 nitrogen and oxygen atoms in total. The van der Waals surface area contributed by atoms with Crippen LogP contribution in [-0.2, 0) is 4.79 Å². The van der Waals surface area contributed by atoms with Crippen molar-refractivity contribution in [1.29, 1.82) is 0 Å². The Kier molecular flexibility index (Phi) is 4.97. The Morgan fingerprint density at radius 3 is 2.83 bits per heavy atom. The van der Waals surface area contributed by atoms with Crippen molar-refractivity contribution in [2.24, 2.45) is 0 Å². The Balaban J connectivity index is 1.82. The Morgan fingerprint density at radius 1 is 1.22 bits per heavy atom. The van der Waals surface area contributed by atoms with Crippen molar-refractivity contribution in [3.05, 3.63) is 0 Å². The lowest BCUT2D eigenvalue weighted by Gasteiger charge is -2.38. The van der Waals surface area contributed by atoms with E-state index in [1.54, 1.807) is 0 Å². The third-order valence-electron chi connectivity index (χ3n) is 4.00. The van der Waals surface area contributed by atoms with Crippen LogP contribution in [0.4, 0.5) is 0 Å². The molecule has 2 rings (SSSR count). The van der Waals surface area contributed by atoms with Gasteiger partial charge in [0.15, 0.2) is 0 Å². The molecular weight excluding hydrogens is 228 g/mol. The normalized spacial score (nSPS) is 28.1. The largest absolute Gasteiger partial charge is 0.340 e. The van der Waals surface area contributed by atoms with E-state index in [1.807, 2.05) is 4.90 Å². The summed E-state index contributed by atoms with van der Waals surface area (Å²) in [6.07, 6.45) is 1.07. The molecule has 0 spiro atoms. The summed E-state index contributed by atoms with van der Waals surface area (Å²) in [6.45, 7) is 9.69. The number of hydrogen-bond acceptors (Lipinski definition) is 4. The lowest BCUT2D eigenvalue weighted by atomic mass is 10.2. The third-order valence-corrected chi connectivity index (χ3v) is 4.00. The van der Waals surface area contributed by atoms with E-state index in [0.29, 0.717) is 18.5 Å². The van der Waals surface area contributed by atoms with Crippen LogP contribution in [0.1, 0.15) is 13.3 Å². The lowest BCUT2D eigenvalue weighted by Crippen LogP contribution is -2.53. The molecule has 0 saturated carbocycles. The molecule has 0 bridgehead atoms. The van der Waals surface area contributed by atoms with Crippen LogP contribution in [0.2, 0.25) is 0 Å². The second kappa shape index (κ2) is 6.50. The molecule has 2 saturated heterocycles. The number of amides is 1. The van der Waals surface area contributed by atoms with Gasteiger partial charge in [-0.15, -0.1) is 0 Å². The van der Waals surface area contributed by atoms with Gasteiger partial charge in [0, 0.05) is 45.3 Å². The first-order chi connectivity index (χ1) is 8.66. The average Bonchev–Trinajstić information content (AvgIpc) is 2.61. The quantitative estimate of drug-likeness (QED) is 0.717. The zero-order valence-corrected chi connectivity index (χ0v) is 11.7. The van der Waals surface area contributed by atoms with Crippen LogP contribution in [0.5, 0.6) is 0 Å². The number of carbonyl (C=O) groups excluding carboxylic acids is 1. The van der Waals surface area contributed by atoms with Crippen LogP contribution in [-0.4, -0.2) is 86.1 Å². The first-order valence-corrected chi connectivity index (χ1v) is 7.08. The molecule has 2 heterocycles. The fourth-order valence-electron chi connectivity index (χ4n) is 2.78. The average molecular weight is 254 g/mol. The van der Waals surface area contributed by atoms with Gasteiger partial charge in [-0.3, -0.25) is 9.69 Å². The molecule has 1 unspecified atom stereocenters. The van der Waals surface area contributed by atoms with Crippen LogP contribution >= 0.6 is 0 Å². The Labute approximate surface area is 110 Å². The summed E-state index contributed by atoms with van der Waals surface area (Å²) in [4.78, 5) is 19.0. The number of rotatable bonds is 2. The molecule has 5 heteroatoms. The summed E-state index contributed by atoms with van der Waals surface area (Å²) >= 11 is 0. The minimum atomic E-state index is 0.301. The molecule has 1 N–H and O–H groups in total. The molecule has 0 aromatic carbocycles. The van der Waals surface area contributed by atoms with Crippen LogP contribution < -0.4 is 5.32 Å². The molecule has 1 atom stereocenters. The van der Waals surface area contributed by atoms with E-state index in [1.165, 1.54) is 0 Å². The van der Waals surface area contributed by atoms with Gasteiger partial charge in [-0.05, 0) is 26.9 Å². The summed E-state index contributed by atoms with van der Waals surface area (Å²) in [5.74, 6) is 0.301. The van der Waals surface area contributed by atoms with Gasteiger partial charge in [0.1, 0.15) is 0 Å². The van der Waals surface area contributed by atoms with Crippen molar-refractivity contribution < 1.29 is 4.79 Å². The van der Waals surface area contributed by atoms with Gasteiger partial charge in [0.2, 0.25) is 5.91 Å². The molecule has 0 aliphatic carbocycles. The number of nitrogens with one attached hydrogen (secondary N) is 1. The fourth-order valence-corrected chi connectivity index (χ4v) is 2.78. The predicted octanol–water partition coefficient (Wildman–Crippen LogP) is -0.556. The highest BCUT2D eigenvalue weighted by molar-refractivity contribution is 5.78. The highest BCUT2D eigenvalue weighted by Crippen LogP contribution is 2.08. The standard InChI is InChI=1S/C13H26N4O/c1-12-10-15(2)8-9-17(12)11-13(18)16-6-3-4-14-5-7-16/h12,14H,3-11H2,1-2H3. The van der Waals surface area contributed by atoms with Gasteiger partial charge >= 0.3 is 0 Å². The summed E-state index contributed by atoms with van der Waals surface area (Å²) in [5, 5.41) is 3.34. The van der Waals surface area contributed by atoms with Gasteiger partial charge in [-0.25, -0.2) is 0 Å². The first kappa shape index (κ1) is 13.8. The minimum absolute atomic E-state index is 0.301. The number of likely N-dealkylation sites (N-methyl/N-ethyl adjacent to an activating group) is 1. The molecule has 1 amide bonds. The fraction of sp³-hybridized carbons (Fsp3) is 0.923. The molecular formula is C13H26N4O. The van der Waals surface area contributed by atoms with Crippen molar-refractivity contribution in [1.82, 2.24) is 20.0 Å². The van der Waals surface area contributed by atoms with Crippen LogP contribution in [0.15, 0.2) is 0 Å². The third kappa shape index (κ3) is 3.67. The highest BCUT2D eigenvalue weighted by Gasteiger charge is 2.25. The van der Waals surface area contributed by atoms with Crippen molar-refractivity contribution in [3.8, 4) is 0 Å². The van der Waals surface area contributed by atoms with Gasteiger partial charge in [0.05, 0.1) is 6.54 Å². The molecule has 104 valence electrons. The highest BCUT2D eigenvalue weighted by atomic mass is 16.2. The van der Waals surface area contributed by atoms with E-state index in [0.717, 1.165) is 52.2 Å². The van der Waals surface area contributed by atoms with Gasteiger partial charge in [-0.2, -0.15) is 0 Å². The zero-order chi connectivity index (χ0) is 13.0. The Hall–Kier alpha value is -0.650. The molecule has 18 heavy (non-hydrogen) atoms. The van der Waals surface area contributed by atoms with Crippen molar-refractivity contribution in [3.63, 3.8) is 0 Å². The molecule has 2 aliphatic heterocycles. The Bertz CT molecular complexity index is 276. The summed E-state index contributed by atoms with van der Waals surface area (Å²) in [7, 11) is 2.15. The van der Waals surface area contributed by atoms with Gasteiger partial charge in [0.25, 0.3) is 0 Å². The number of piperazine rings is 1. The van der Waals surface area contributed by atoms with E-state index in [9.17, 15) is 4.79 Å². The van der Waals surface area contributed by atoms with E-state index in [2.05, 4.69) is 29.1 Å². The topological polar surface area (TPSA) is 38.8 Å².